The van der Waals surface area contributed by atoms with E-state index in [1.165, 1.54) is 0 Å². The van der Waals surface area contributed by atoms with Gasteiger partial charge in [-0.25, -0.2) is 8.78 Å². The first-order valence-corrected chi connectivity index (χ1v) is 6.28. The number of nitrogens with zero attached hydrogens (tertiary/aromatic N) is 2. The molecular formula is C13H8F5N3O3. The second-order valence-electron chi connectivity index (χ2n) is 4.56. The number of halogens is 5. The van der Waals surface area contributed by atoms with E-state index in [4.69, 9.17) is 0 Å². The zero-order valence-electron chi connectivity index (χ0n) is 11.9. The summed E-state index contributed by atoms with van der Waals surface area (Å²) < 4.78 is 69.0. The van der Waals surface area contributed by atoms with Gasteiger partial charge in [0.05, 0.1) is 5.56 Å². The topological polar surface area (TPSA) is 85.1 Å². The summed E-state index contributed by atoms with van der Waals surface area (Å²) in [5.74, 6) is -7.23. The van der Waals surface area contributed by atoms with Gasteiger partial charge >= 0.3 is 12.1 Å². The van der Waals surface area contributed by atoms with E-state index in [0.29, 0.717) is 0 Å². The van der Waals surface area contributed by atoms with Crippen LogP contribution in [0.25, 0.3) is 11.4 Å². The van der Waals surface area contributed by atoms with E-state index >= 15 is 0 Å². The van der Waals surface area contributed by atoms with Crippen LogP contribution < -0.4 is 5.32 Å². The van der Waals surface area contributed by atoms with Gasteiger partial charge < -0.3 is 9.84 Å². The molecule has 1 aromatic carbocycles. The van der Waals surface area contributed by atoms with Gasteiger partial charge in [-0.15, -0.1) is 0 Å². The maximum absolute atomic E-state index is 14.0. The molecule has 11 heteroatoms. The summed E-state index contributed by atoms with van der Waals surface area (Å²) in [6.07, 6.45) is -4.92. The Labute approximate surface area is 130 Å². The number of benzene rings is 1. The predicted octanol–water partition coefficient (Wildman–Crippen LogP) is 2.24. The molecule has 1 aromatic heterocycles. The molecule has 6 nitrogen and oxygen atoms in total. The average molecular weight is 349 g/mol. The third-order valence-electron chi connectivity index (χ3n) is 2.83. The minimum atomic E-state index is -4.92. The van der Waals surface area contributed by atoms with E-state index in [9.17, 15) is 31.5 Å². The second kappa shape index (κ2) is 6.34. The van der Waals surface area contributed by atoms with Gasteiger partial charge in [-0.05, 0) is 6.07 Å². The molecule has 1 heterocycles. The van der Waals surface area contributed by atoms with Crippen molar-refractivity contribution in [1.82, 2.24) is 15.5 Å². The maximum Gasteiger partial charge on any atom is 0.471 e. The van der Waals surface area contributed by atoms with Crippen LogP contribution in [-0.2, 0) is 22.3 Å². The van der Waals surface area contributed by atoms with E-state index in [1.807, 2.05) is 0 Å². The number of nitrogens with one attached hydrogen (secondary N) is 1. The fourth-order valence-corrected chi connectivity index (χ4v) is 1.65. The van der Waals surface area contributed by atoms with Crippen LogP contribution >= 0.6 is 0 Å². The van der Waals surface area contributed by atoms with Crippen molar-refractivity contribution in [1.29, 1.82) is 0 Å². The quantitative estimate of drug-likeness (QED) is 0.676. The Morgan fingerprint density at radius 3 is 2.42 bits per heavy atom. The molecule has 2 rings (SSSR count). The molecule has 0 atom stereocenters. The van der Waals surface area contributed by atoms with Gasteiger partial charge in [0, 0.05) is 19.0 Å². The lowest BCUT2D eigenvalue weighted by Gasteiger charge is -2.07. The molecule has 0 unspecified atom stereocenters. The fraction of sp³-hybridized carbons (Fsp3) is 0.231. The minimum Gasteiger partial charge on any atom is -0.345 e. The first kappa shape index (κ1) is 17.5. The Morgan fingerprint density at radius 1 is 1.21 bits per heavy atom. The van der Waals surface area contributed by atoms with Gasteiger partial charge in [-0.1, -0.05) is 11.2 Å². The van der Waals surface area contributed by atoms with Crippen LogP contribution in [-0.4, -0.2) is 21.8 Å². The molecule has 0 saturated carbocycles. The molecule has 0 aliphatic carbocycles. The molecule has 0 fully saturated rings. The molecule has 1 N–H and O–H groups in total. The first-order chi connectivity index (χ1) is 11.1. The lowest BCUT2D eigenvalue weighted by atomic mass is 10.1. The van der Waals surface area contributed by atoms with Gasteiger partial charge in [0.1, 0.15) is 0 Å². The van der Waals surface area contributed by atoms with E-state index in [0.717, 1.165) is 19.1 Å². The molecule has 0 bridgehead atoms. The molecule has 0 aliphatic rings. The summed E-state index contributed by atoms with van der Waals surface area (Å²) in [5.41, 5.74) is -0.959. The van der Waals surface area contributed by atoms with Crippen molar-refractivity contribution in [3.05, 3.63) is 35.2 Å². The van der Waals surface area contributed by atoms with Crippen molar-refractivity contribution >= 4 is 11.7 Å². The largest absolute Gasteiger partial charge is 0.471 e. The molecule has 0 spiro atoms. The van der Waals surface area contributed by atoms with Gasteiger partial charge in [-0.3, -0.25) is 9.59 Å². The number of hydrogen-bond acceptors (Lipinski definition) is 5. The van der Waals surface area contributed by atoms with E-state index in [2.05, 4.69) is 20.0 Å². The standard InChI is InChI=1S/C13H8F5N3O3/c1-5(22)11(23)19-4-6-2-3-7(9(15)8(6)14)10-20-12(24-21-10)13(16,17)18/h2-3H,4H2,1H3,(H,19,23). The normalized spacial score (nSPS) is 11.4. The summed E-state index contributed by atoms with van der Waals surface area (Å²) in [5, 5.41) is 5.01. The highest BCUT2D eigenvalue weighted by molar-refractivity contribution is 6.35. The number of Topliss-reactive ketones (excluding diaryl/α,β-unsaturated/α-hetero) is 1. The second-order valence-corrected chi connectivity index (χ2v) is 4.56. The highest BCUT2D eigenvalue weighted by Crippen LogP contribution is 2.30. The number of rotatable bonds is 4. The van der Waals surface area contributed by atoms with Crippen LogP contribution in [0.5, 0.6) is 0 Å². The lowest BCUT2D eigenvalue weighted by Crippen LogP contribution is -2.29. The Bertz CT molecular complexity index is 801. The summed E-state index contributed by atoms with van der Waals surface area (Å²) in [6, 6.07) is 1.94. The van der Waals surface area contributed by atoms with Crippen molar-refractivity contribution < 1.29 is 36.1 Å². The summed E-state index contributed by atoms with van der Waals surface area (Å²) in [7, 11) is 0. The van der Waals surface area contributed by atoms with Gasteiger partial charge in [0.25, 0.3) is 5.91 Å². The molecule has 128 valence electrons. The minimum absolute atomic E-state index is 0.314. The zero-order valence-corrected chi connectivity index (χ0v) is 11.9. The van der Waals surface area contributed by atoms with E-state index in [1.54, 1.807) is 0 Å². The molecule has 24 heavy (non-hydrogen) atoms. The van der Waals surface area contributed by atoms with Gasteiger partial charge in [0.2, 0.25) is 11.6 Å². The average Bonchev–Trinajstić information content (AvgIpc) is 2.98. The van der Waals surface area contributed by atoms with Crippen LogP contribution in [0, 0.1) is 11.6 Å². The maximum atomic E-state index is 14.0. The van der Waals surface area contributed by atoms with E-state index in [-0.39, 0.29) is 5.56 Å². The van der Waals surface area contributed by atoms with Crippen molar-refractivity contribution in [3.63, 3.8) is 0 Å². The van der Waals surface area contributed by atoms with Crippen molar-refractivity contribution in [2.75, 3.05) is 0 Å². The van der Waals surface area contributed by atoms with Crippen LogP contribution in [0.3, 0.4) is 0 Å². The summed E-state index contributed by atoms with van der Waals surface area (Å²) in [6.45, 7) is 0.505. The third kappa shape index (κ3) is 3.55. The molecule has 0 saturated heterocycles. The van der Waals surface area contributed by atoms with Crippen molar-refractivity contribution in [2.45, 2.75) is 19.6 Å². The monoisotopic (exact) mass is 349 g/mol. The number of hydrogen-bond donors (Lipinski definition) is 1. The lowest BCUT2D eigenvalue weighted by molar-refractivity contribution is -0.159. The number of carbonyl (C=O) groups is 2. The molecule has 1 amide bonds. The number of carbonyl (C=O) groups excluding carboxylic acids is 2. The van der Waals surface area contributed by atoms with Crippen LogP contribution in [0.2, 0.25) is 0 Å². The Morgan fingerprint density at radius 2 is 1.88 bits per heavy atom. The fourth-order valence-electron chi connectivity index (χ4n) is 1.65. The van der Waals surface area contributed by atoms with Crippen LogP contribution in [0.4, 0.5) is 22.0 Å². The van der Waals surface area contributed by atoms with Gasteiger partial charge in [0.15, 0.2) is 11.6 Å². The molecule has 2 aromatic rings. The summed E-state index contributed by atoms with van der Waals surface area (Å²) >= 11 is 0. The highest BCUT2D eigenvalue weighted by atomic mass is 19.4. The molecule has 0 aliphatic heterocycles. The smallest absolute Gasteiger partial charge is 0.345 e. The molecule has 0 radical (unpaired) electrons. The highest BCUT2D eigenvalue weighted by Gasteiger charge is 2.38. The number of ketones is 1. The van der Waals surface area contributed by atoms with E-state index < -0.39 is 53.3 Å². The third-order valence-corrected chi connectivity index (χ3v) is 2.83. The zero-order chi connectivity index (χ0) is 18.1. The number of aromatic nitrogens is 2. The number of amides is 1. The Kier molecular flexibility index (Phi) is 4.62. The SMILES string of the molecule is CC(=O)C(=O)NCc1ccc(-c2noc(C(F)(F)F)n2)c(F)c1F. The number of alkyl halides is 3. The van der Waals surface area contributed by atoms with Gasteiger partial charge in [-0.2, -0.15) is 18.2 Å². The Hall–Kier alpha value is -2.85. The molecular weight excluding hydrogens is 341 g/mol. The Balaban J connectivity index is 2.28. The van der Waals surface area contributed by atoms with Crippen molar-refractivity contribution in [3.8, 4) is 11.4 Å². The summed E-state index contributed by atoms with van der Waals surface area (Å²) in [4.78, 5) is 24.8. The van der Waals surface area contributed by atoms with Crippen LogP contribution in [0.15, 0.2) is 16.7 Å². The van der Waals surface area contributed by atoms with Crippen LogP contribution in [0.1, 0.15) is 18.4 Å². The van der Waals surface area contributed by atoms with Crippen molar-refractivity contribution in [2.24, 2.45) is 0 Å². The predicted molar refractivity (Wildman–Crippen MR) is 67.2 cm³/mol. The first-order valence-electron chi connectivity index (χ1n) is 6.28.